The molecule has 1 unspecified atom stereocenters. The molecule has 0 radical (unpaired) electrons. The molecular weight excluding hydrogens is 338 g/mol. The van der Waals surface area contributed by atoms with Gasteiger partial charge in [0.05, 0.1) is 6.61 Å². The summed E-state index contributed by atoms with van der Waals surface area (Å²) < 4.78 is 5.67. The van der Waals surface area contributed by atoms with Gasteiger partial charge < -0.3 is 10.1 Å². The Hall–Kier alpha value is -0.810. The maximum absolute atomic E-state index is 11.9. The summed E-state index contributed by atoms with van der Waals surface area (Å²) in [5, 5.41) is 3.82. The zero-order chi connectivity index (χ0) is 17.2. The van der Waals surface area contributed by atoms with E-state index in [1.54, 1.807) is 0 Å². The first-order valence-electron chi connectivity index (χ1n) is 8.90. The van der Waals surface area contributed by atoms with Crippen molar-refractivity contribution in [1.29, 1.82) is 0 Å². The molecule has 1 fully saturated rings. The van der Waals surface area contributed by atoms with E-state index in [0.29, 0.717) is 18.9 Å². The summed E-state index contributed by atoms with van der Waals surface area (Å²) in [5.74, 6) is 2.86. The van der Waals surface area contributed by atoms with E-state index in [1.807, 2.05) is 45.9 Å². The highest BCUT2D eigenvalue weighted by atomic mass is 33.1. The van der Waals surface area contributed by atoms with Crippen LogP contribution >= 0.6 is 21.6 Å². The van der Waals surface area contributed by atoms with Gasteiger partial charge in [-0.1, -0.05) is 54.0 Å². The fraction of sp³-hybridized carbons (Fsp3) is 0.632. The van der Waals surface area contributed by atoms with Gasteiger partial charge in [-0.05, 0) is 42.9 Å². The number of carbonyl (C=O) groups is 1. The van der Waals surface area contributed by atoms with Crippen molar-refractivity contribution in [2.75, 3.05) is 12.4 Å². The molecule has 0 saturated carbocycles. The average molecular weight is 368 g/mol. The van der Waals surface area contributed by atoms with Gasteiger partial charge in [-0.15, -0.1) is 0 Å². The summed E-state index contributed by atoms with van der Waals surface area (Å²) in [6, 6.07) is 7.98. The number of carbonyl (C=O) groups excluding carboxylic acids is 1. The van der Waals surface area contributed by atoms with Crippen molar-refractivity contribution in [3.63, 3.8) is 0 Å². The van der Waals surface area contributed by atoms with Crippen LogP contribution in [0.2, 0.25) is 0 Å². The van der Waals surface area contributed by atoms with Crippen LogP contribution in [0.4, 0.5) is 0 Å². The molecule has 3 nitrogen and oxygen atoms in total. The van der Waals surface area contributed by atoms with Crippen LogP contribution in [-0.2, 0) is 11.3 Å². The van der Waals surface area contributed by atoms with Crippen LogP contribution in [0.1, 0.15) is 51.5 Å². The third-order valence-corrected chi connectivity index (χ3v) is 6.91. The molecule has 2 rings (SSSR count). The zero-order valence-corrected chi connectivity index (χ0v) is 16.4. The van der Waals surface area contributed by atoms with Crippen molar-refractivity contribution in [1.82, 2.24) is 5.32 Å². The van der Waals surface area contributed by atoms with Gasteiger partial charge in [0.2, 0.25) is 5.91 Å². The molecule has 1 aromatic carbocycles. The Morgan fingerprint density at radius 1 is 1.29 bits per heavy atom. The second-order valence-electron chi connectivity index (χ2n) is 6.70. The molecule has 1 heterocycles. The summed E-state index contributed by atoms with van der Waals surface area (Å²) in [6.07, 6.45) is 5.38. The molecule has 24 heavy (non-hydrogen) atoms. The molecule has 1 aromatic rings. The SMILES string of the molecule is CC(C)COc1ccc(CNC(=O)CCCCC2CCSS2)cc1. The molecule has 1 saturated heterocycles. The van der Waals surface area contributed by atoms with Gasteiger partial charge in [0.1, 0.15) is 5.75 Å². The number of hydrogen-bond acceptors (Lipinski definition) is 4. The third kappa shape index (κ3) is 7.84. The van der Waals surface area contributed by atoms with E-state index in [0.717, 1.165) is 36.0 Å². The lowest BCUT2D eigenvalue weighted by molar-refractivity contribution is -0.121. The van der Waals surface area contributed by atoms with Gasteiger partial charge in [0, 0.05) is 24.0 Å². The standard InChI is InChI=1S/C19H29NO2S2/c1-15(2)14-22-17-9-7-16(8-10-17)13-20-19(21)6-4-3-5-18-11-12-23-24-18/h7-10,15,18H,3-6,11-14H2,1-2H3,(H,20,21). The lowest BCUT2D eigenvalue weighted by Crippen LogP contribution is -2.22. The number of ether oxygens (including phenoxy) is 1. The van der Waals surface area contributed by atoms with E-state index in [1.165, 1.54) is 18.6 Å². The molecule has 134 valence electrons. The van der Waals surface area contributed by atoms with Gasteiger partial charge in [-0.3, -0.25) is 4.79 Å². The van der Waals surface area contributed by atoms with E-state index < -0.39 is 0 Å². The van der Waals surface area contributed by atoms with E-state index in [4.69, 9.17) is 4.74 Å². The fourth-order valence-electron chi connectivity index (χ4n) is 2.48. The van der Waals surface area contributed by atoms with Crippen LogP contribution in [-0.4, -0.2) is 23.5 Å². The first kappa shape index (κ1) is 19.5. The Bertz CT molecular complexity index is 485. The lowest BCUT2D eigenvalue weighted by Gasteiger charge is -2.10. The van der Waals surface area contributed by atoms with Crippen LogP contribution in [0.25, 0.3) is 0 Å². The van der Waals surface area contributed by atoms with Crippen LogP contribution in [0, 0.1) is 5.92 Å². The van der Waals surface area contributed by atoms with Crippen molar-refractivity contribution in [2.45, 2.75) is 57.7 Å². The first-order valence-corrected chi connectivity index (χ1v) is 11.3. The smallest absolute Gasteiger partial charge is 0.220 e. The minimum atomic E-state index is 0.156. The highest BCUT2D eigenvalue weighted by Crippen LogP contribution is 2.39. The van der Waals surface area contributed by atoms with Crippen molar-refractivity contribution in [3.05, 3.63) is 29.8 Å². The Balaban J connectivity index is 1.57. The fourth-order valence-corrected chi connectivity index (χ4v) is 5.51. The van der Waals surface area contributed by atoms with Crippen molar-refractivity contribution in [3.8, 4) is 5.75 Å². The maximum atomic E-state index is 11.9. The number of unbranched alkanes of at least 4 members (excludes halogenated alkanes) is 1. The summed E-state index contributed by atoms with van der Waals surface area (Å²) >= 11 is 0. The number of benzene rings is 1. The number of rotatable bonds is 10. The Labute approximate surface area is 154 Å². The van der Waals surface area contributed by atoms with Gasteiger partial charge in [-0.2, -0.15) is 0 Å². The molecule has 1 aliphatic heterocycles. The largest absolute Gasteiger partial charge is 0.493 e. The molecular formula is C19H29NO2S2. The van der Waals surface area contributed by atoms with E-state index in [2.05, 4.69) is 19.2 Å². The molecule has 0 bridgehead atoms. The maximum Gasteiger partial charge on any atom is 0.220 e. The summed E-state index contributed by atoms with van der Waals surface area (Å²) in [4.78, 5) is 11.9. The highest BCUT2D eigenvalue weighted by Gasteiger charge is 2.15. The van der Waals surface area contributed by atoms with Gasteiger partial charge >= 0.3 is 0 Å². The molecule has 5 heteroatoms. The Kier molecular flexibility index (Phi) is 8.89. The molecule has 0 aliphatic carbocycles. The molecule has 1 amide bonds. The first-order chi connectivity index (χ1) is 11.6. The second kappa shape index (κ2) is 10.9. The molecule has 1 aliphatic rings. The highest BCUT2D eigenvalue weighted by molar-refractivity contribution is 8.77. The minimum Gasteiger partial charge on any atom is -0.493 e. The quantitative estimate of drug-likeness (QED) is 0.464. The summed E-state index contributed by atoms with van der Waals surface area (Å²) in [7, 11) is 4.01. The Morgan fingerprint density at radius 2 is 2.08 bits per heavy atom. The summed E-state index contributed by atoms with van der Waals surface area (Å²) in [5.41, 5.74) is 1.11. The Morgan fingerprint density at radius 3 is 2.75 bits per heavy atom. The van der Waals surface area contributed by atoms with Gasteiger partial charge in [0.25, 0.3) is 0 Å². The van der Waals surface area contributed by atoms with Crippen LogP contribution in [0.15, 0.2) is 24.3 Å². The van der Waals surface area contributed by atoms with Crippen LogP contribution < -0.4 is 10.1 Å². The topological polar surface area (TPSA) is 38.3 Å². The van der Waals surface area contributed by atoms with Crippen molar-refractivity contribution < 1.29 is 9.53 Å². The van der Waals surface area contributed by atoms with Crippen LogP contribution in [0.5, 0.6) is 5.75 Å². The van der Waals surface area contributed by atoms with Crippen molar-refractivity contribution in [2.24, 2.45) is 5.92 Å². The number of amides is 1. The van der Waals surface area contributed by atoms with E-state index in [9.17, 15) is 4.79 Å². The van der Waals surface area contributed by atoms with Crippen molar-refractivity contribution >= 4 is 27.5 Å². The summed E-state index contributed by atoms with van der Waals surface area (Å²) in [6.45, 7) is 5.59. The minimum absolute atomic E-state index is 0.156. The van der Waals surface area contributed by atoms with E-state index in [-0.39, 0.29) is 5.91 Å². The van der Waals surface area contributed by atoms with Gasteiger partial charge in [0.15, 0.2) is 0 Å². The second-order valence-corrected chi connectivity index (χ2v) is 9.49. The predicted octanol–water partition coefficient (Wildman–Crippen LogP) is 5.05. The lowest BCUT2D eigenvalue weighted by atomic mass is 10.1. The normalized spacial score (nSPS) is 17.2. The van der Waals surface area contributed by atoms with Gasteiger partial charge in [-0.25, -0.2) is 0 Å². The monoisotopic (exact) mass is 367 g/mol. The zero-order valence-electron chi connectivity index (χ0n) is 14.8. The van der Waals surface area contributed by atoms with E-state index >= 15 is 0 Å². The molecule has 0 aromatic heterocycles. The molecule has 1 atom stereocenters. The molecule has 1 N–H and O–H groups in total. The predicted molar refractivity (Wildman–Crippen MR) is 106 cm³/mol. The number of hydrogen-bond donors (Lipinski definition) is 1. The average Bonchev–Trinajstić information content (AvgIpc) is 3.09. The molecule has 0 spiro atoms. The number of nitrogens with one attached hydrogen (secondary N) is 1. The third-order valence-electron chi connectivity index (χ3n) is 3.90. The van der Waals surface area contributed by atoms with Crippen LogP contribution in [0.3, 0.4) is 0 Å².